The average molecular weight is 473 g/mol. The molecule has 5 rings (SSSR count). The van der Waals surface area contributed by atoms with Gasteiger partial charge in [0.15, 0.2) is 0 Å². The lowest BCUT2D eigenvalue weighted by atomic mass is 9.98. The van der Waals surface area contributed by atoms with Gasteiger partial charge in [-0.1, -0.05) is 30.3 Å². The molecular weight excluding hydrogens is 448 g/mol. The van der Waals surface area contributed by atoms with Gasteiger partial charge in [0.2, 0.25) is 17.6 Å². The largest absolute Gasteiger partial charge is 0.339 e. The molecule has 0 unspecified atom stereocenters. The lowest BCUT2D eigenvalue weighted by Crippen LogP contribution is -2.46. The maximum Gasteiger partial charge on any atom is 0.252 e. The number of rotatable bonds is 5. The highest BCUT2D eigenvalue weighted by molar-refractivity contribution is 7.91. The average Bonchev–Trinajstić information content (AvgIpc) is 3.57. The molecule has 1 amide bonds. The van der Waals surface area contributed by atoms with Gasteiger partial charge in [-0.15, -0.1) is 11.3 Å². The van der Waals surface area contributed by atoms with E-state index in [1.807, 2.05) is 36.1 Å². The highest BCUT2D eigenvalue weighted by Gasteiger charge is 2.37. The van der Waals surface area contributed by atoms with E-state index in [1.165, 1.54) is 9.87 Å². The summed E-state index contributed by atoms with van der Waals surface area (Å²) in [5.74, 6) is 0.574. The Morgan fingerprint density at radius 1 is 1.28 bits per heavy atom. The molecule has 168 valence electrons. The monoisotopic (exact) mass is 472 g/mol. The zero-order chi connectivity index (χ0) is 22.3. The number of amides is 1. The van der Waals surface area contributed by atoms with Gasteiger partial charge < -0.3 is 9.42 Å². The predicted molar refractivity (Wildman–Crippen MR) is 121 cm³/mol. The Morgan fingerprint density at radius 2 is 2.12 bits per heavy atom. The molecule has 0 saturated carbocycles. The van der Waals surface area contributed by atoms with Crippen LogP contribution < -0.4 is 4.90 Å². The molecule has 0 aliphatic carbocycles. The van der Waals surface area contributed by atoms with Gasteiger partial charge in [-0.3, -0.25) is 4.79 Å². The van der Waals surface area contributed by atoms with E-state index in [9.17, 15) is 13.2 Å². The number of aryl methyl sites for hydroxylation is 1. The number of fused-ring (bicyclic) bond motifs is 1. The first-order valence-corrected chi connectivity index (χ1v) is 13.1. The molecule has 0 N–H and O–H groups in total. The third-order valence-electron chi connectivity index (χ3n) is 6.08. The third-order valence-corrected chi connectivity index (χ3v) is 9.37. The number of hydrogen-bond acceptors (Lipinski definition) is 7. The van der Waals surface area contributed by atoms with Crippen LogP contribution in [0.25, 0.3) is 11.4 Å². The van der Waals surface area contributed by atoms with Crippen molar-refractivity contribution in [3.8, 4) is 11.4 Å². The van der Waals surface area contributed by atoms with E-state index in [0.717, 1.165) is 23.4 Å². The van der Waals surface area contributed by atoms with Crippen LogP contribution in [0, 0.1) is 5.92 Å². The number of nitrogens with zero attached hydrogens (tertiary/aromatic N) is 4. The van der Waals surface area contributed by atoms with E-state index in [2.05, 4.69) is 10.1 Å². The van der Waals surface area contributed by atoms with Crippen LogP contribution in [0.3, 0.4) is 0 Å². The van der Waals surface area contributed by atoms with Crippen LogP contribution in [-0.2, 0) is 27.7 Å². The third kappa shape index (κ3) is 3.76. The number of thiophene rings is 1. The molecule has 1 fully saturated rings. The van der Waals surface area contributed by atoms with E-state index >= 15 is 0 Å². The number of sulfonamides is 1. The van der Waals surface area contributed by atoms with Crippen LogP contribution in [0.15, 0.2) is 44.4 Å². The number of anilines is 1. The number of benzene rings is 1. The molecule has 2 aliphatic heterocycles. The van der Waals surface area contributed by atoms with Crippen molar-refractivity contribution in [2.75, 3.05) is 24.5 Å². The first-order chi connectivity index (χ1) is 15.5. The highest BCUT2D eigenvalue weighted by atomic mass is 32.2. The highest BCUT2D eigenvalue weighted by Crippen LogP contribution is 2.34. The fourth-order valence-electron chi connectivity index (χ4n) is 4.36. The van der Waals surface area contributed by atoms with Gasteiger partial charge in [-0.25, -0.2) is 8.42 Å². The molecule has 0 radical (unpaired) electrons. The second-order valence-electron chi connectivity index (χ2n) is 8.09. The Balaban J connectivity index is 1.33. The quantitative estimate of drug-likeness (QED) is 0.565. The van der Waals surface area contributed by atoms with Crippen molar-refractivity contribution >= 4 is 33.0 Å². The van der Waals surface area contributed by atoms with Crippen molar-refractivity contribution in [2.45, 2.75) is 36.8 Å². The van der Waals surface area contributed by atoms with Gasteiger partial charge in [-0.2, -0.15) is 9.29 Å². The van der Waals surface area contributed by atoms with E-state index in [0.29, 0.717) is 49.6 Å². The normalized spacial score (nSPS) is 19.3. The van der Waals surface area contributed by atoms with E-state index in [4.69, 9.17) is 4.52 Å². The van der Waals surface area contributed by atoms with Crippen LogP contribution in [0.1, 0.15) is 31.2 Å². The van der Waals surface area contributed by atoms with Gasteiger partial charge in [-0.05, 0) is 37.0 Å². The number of hydrogen-bond donors (Lipinski definition) is 0. The summed E-state index contributed by atoms with van der Waals surface area (Å²) >= 11 is 1.14. The topological polar surface area (TPSA) is 96.6 Å². The van der Waals surface area contributed by atoms with Crippen LogP contribution in [0.4, 0.5) is 5.69 Å². The number of carbonyl (C=O) groups excluding carboxylic acids is 1. The van der Waals surface area contributed by atoms with Crippen molar-refractivity contribution in [3.05, 3.63) is 47.2 Å². The molecule has 8 nitrogen and oxygen atoms in total. The summed E-state index contributed by atoms with van der Waals surface area (Å²) in [6, 6.07) is 9.51. The molecule has 2 aliphatic rings. The van der Waals surface area contributed by atoms with Crippen molar-refractivity contribution < 1.29 is 17.7 Å². The zero-order valence-corrected chi connectivity index (χ0v) is 19.4. The van der Waals surface area contributed by atoms with Crippen molar-refractivity contribution in [2.24, 2.45) is 5.92 Å². The Bertz CT molecular complexity index is 1250. The Labute approximate surface area is 190 Å². The summed E-state index contributed by atoms with van der Waals surface area (Å²) in [6.45, 7) is 3.18. The van der Waals surface area contributed by atoms with Crippen molar-refractivity contribution in [1.82, 2.24) is 14.4 Å². The summed E-state index contributed by atoms with van der Waals surface area (Å²) in [4.78, 5) is 19.4. The maximum absolute atomic E-state index is 13.3. The summed E-state index contributed by atoms with van der Waals surface area (Å²) in [7, 11) is -3.70. The second-order valence-corrected chi connectivity index (χ2v) is 11.2. The molecule has 4 heterocycles. The number of aromatic nitrogens is 2. The minimum Gasteiger partial charge on any atom is -0.339 e. The van der Waals surface area contributed by atoms with Gasteiger partial charge in [0, 0.05) is 42.7 Å². The first-order valence-electron chi connectivity index (χ1n) is 10.8. The molecule has 1 atom stereocenters. The Morgan fingerprint density at radius 3 is 2.94 bits per heavy atom. The molecule has 32 heavy (non-hydrogen) atoms. The van der Waals surface area contributed by atoms with Crippen LogP contribution in [0.2, 0.25) is 0 Å². The minimum absolute atomic E-state index is 0.0145. The smallest absolute Gasteiger partial charge is 0.252 e. The predicted octanol–water partition coefficient (Wildman–Crippen LogP) is 3.35. The summed E-state index contributed by atoms with van der Waals surface area (Å²) < 4.78 is 33.5. The molecule has 1 aromatic carbocycles. The number of piperidine rings is 1. The zero-order valence-electron chi connectivity index (χ0n) is 17.7. The van der Waals surface area contributed by atoms with Crippen LogP contribution in [-0.4, -0.2) is 48.4 Å². The molecule has 1 saturated heterocycles. The van der Waals surface area contributed by atoms with E-state index in [-0.39, 0.29) is 22.6 Å². The van der Waals surface area contributed by atoms with Gasteiger partial charge >= 0.3 is 0 Å². The molecule has 0 spiro atoms. The minimum atomic E-state index is -3.70. The fourth-order valence-corrected chi connectivity index (χ4v) is 7.20. The molecule has 0 bridgehead atoms. The first kappa shape index (κ1) is 21.3. The Kier molecular flexibility index (Phi) is 5.60. The molecular formula is C22H24N4O4S2. The van der Waals surface area contributed by atoms with Gasteiger partial charge in [0.1, 0.15) is 4.21 Å². The SMILES string of the molecule is CCc1nc(-c2csc(S(=O)(=O)N3CCC[C@H](C(=O)N4CCc5ccccc54)C3)c2)no1. The Hall–Kier alpha value is -2.56. The van der Waals surface area contributed by atoms with E-state index in [1.54, 1.807) is 11.4 Å². The van der Waals surface area contributed by atoms with Crippen molar-refractivity contribution in [1.29, 1.82) is 0 Å². The summed E-state index contributed by atoms with van der Waals surface area (Å²) in [6.07, 6.45) is 2.81. The standard InChI is InChI=1S/C22H24N4O4S2/c1-2-19-23-21(24-30-19)17-12-20(31-14-17)32(28,29)25-10-5-7-16(13-25)22(27)26-11-9-15-6-3-4-8-18(15)26/h3-4,6,8,12,14,16H,2,5,7,9-11,13H2,1H3/t16-/m0/s1. The lowest BCUT2D eigenvalue weighted by molar-refractivity contribution is -0.123. The summed E-state index contributed by atoms with van der Waals surface area (Å²) in [5, 5.41) is 5.65. The van der Waals surface area contributed by atoms with Gasteiger partial charge in [0.25, 0.3) is 10.0 Å². The van der Waals surface area contributed by atoms with Gasteiger partial charge in [0.05, 0.1) is 5.92 Å². The summed E-state index contributed by atoms with van der Waals surface area (Å²) in [5.41, 5.74) is 2.74. The number of para-hydroxylation sites is 1. The van der Waals surface area contributed by atoms with Crippen LogP contribution >= 0.6 is 11.3 Å². The second kappa shape index (κ2) is 8.42. The van der Waals surface area contributed by atoms with Crippen LogP contribution in [0.5, 0.6) is 0 Å². The fraction of sp³-hybridized carbons (Fsp3) is 0.409. The number of carbonyl (C=O) groups is 1. The molecule has 3 aromatic rings. The van der Waals surface area contributed by atoms with E-state index < -0.39 is 10.0 Å². The lowest BCUT2D eigenvalue weighted by Gasteiger charge is -2.33. The molecule has 2 aromatic heterocycles. The van der Waals surface area contributed by atoms with Crippen molar-refractivity contribution in [3.63, 3.8) is 0 Å². The maximum atomic E-state index is 13.3. The molecule has 10 heteroatoms.